The normalized spacial score (nSPS) is 26.2. The zero-order valence-corrected chi connectivity index (χ0v) is 25.3. The number of phosphoric ester groups is 1. The van der Waals surface area contributed by atoms with Crippen molar-refractivity contribution in [3.8, 4) is 11.5 Å². The molecular formula is C11H14Na3O14P3. The van der Waals surface area contributed by atoms with Gasteiger partial charge in [-0.3, -0.25) is 13.7 Å². The molecule has 0 bridgehead atoms. The molecule has 160 valence electrons. The summed E-state index contributed by atoms with van der Waals surface area (Å²) in [5.74, 6) is -0.833. The molecule has 0 radical (unpaired) electrons. The summed E-state index contributed by atoms with van der Waals surface area (Å²) in [5, 5.41) is 28.7. The van der Waals surface area contributed by atoms with Crippen LogP contribution in [0.15, 0.2) is 18.2 Å². The Morgan fingerprint density at radius 3 is 2.10 bits per heavy atom. The molecule has 20 heteroatoms. The van der Waals surface area contributed by atoms with Crippen molar-refractivity contribution in [2.45, 2.75) is 24.7 Å². The number of phenols is 2. The van der Waals surface area contributed by atoms with Gasteiger partial charge in [0.1, 0.15) is 6.10 Å². The first-order valence-electron chi connectivity index (χ1n) is 7.26. The first-order valence-corrected chi connectivity index (χ1v) is 11.7. The Labute approximate surface area is 242 Å². The molecule has 0 aliphatic carbocycles. The Hall–Kier alpha value is 2.15. The van der Waals surface area contributed by atoms with Crippen LogP contribution >= 0.6 is 23.5 Å². The van der Waals surface area contributed by atoms with Gasteiger partial charge in [-0.25, -0.2) is 8.62 Å². The summed E-state index contributed by atoms with van der Waals surface area (Å²) < 4.78 is 49.1. The minimum Gasteiger partial charge on any atom is -0.756 e. The van der Waals surface area contributed by atoms with Gasteiger partial charge in [0, 0.05) is 6.42 Å². The molecule has 1 aliphatic heterocycles. The van der Waals surface area contributed by atoms with Gasteiger partial charge in [0.2, 0.25) is 0 Å². The molecule has 0 spiro atoms. The first kappa shape index (κ1) is 35.3. The van der Waals surface area contributed by atoms with E-state index in [0.29, 0.717) is 5.56 Å². The van der Waals surface area contributed by atoms with Crippen LogP contribution in [-0.2, 0) is 31.6 Å². The van der Waals surface area contributed by atoms with Gasteiger partial charge in [-0.05, 0) is 17.7 Å². The third kappa shape index (κ3) is 12.1. The van der Waals surface area contributed by atoms with E-state index in [1.165, 1.54) is 18.2 Å². The van der Waals surface area contributed by atoms with Gasteiger partial charge >= 0.3 is 88.7 Å². The Balaban J connectivity index is 0. The van der Waals surface area contributed by atoms with Crippen LogP contribution in [0.3, 0.4) is 0 Å². The molecule has 14 nitrogen and oxygen atoms in total. The fraction of sp³-hybridized carbons (Fsp3) is 0.455. The predicted molar refractivity (Wildman–Crippen MR) is 81.2 cm³/mol. The number of phenolic OH excluding ortho intramolecular Hbond substituents is 2. The van der Waals surface area contributed by atoms with E-state index >= 15 is 0 Å². The minimum atomic E-state index is -6.01. The number of rotatable bonds is 8. The third-order valence-electron chi connectivity index (χ3n) is 3.40. The van der Waals surface area contributed by atoms with Gasteiger partial charge in [-0.15, -0.1) is 0 Å². The van der Waals surface area contributed by atoms with E-state index in [4.69, 9.17) is 9.63 Å². The Morgan fingerprint density at radius 2 is 1.58 bits per heavy atom. The Morgan fingerprint density at radius 1 is 1.00 bits per heavy atom. The number of aliphatic hydroxyl groups excluding tert-OH is 1. The van der Waals surface area contributed by atoms with E-state index in [9.17, 15) is 43.7 Å². The molecule has 1 aliphatic rings. The molecule has 4 N–H and O–H groups in total. The summed E-state index contributed by atoms with van der Waals surface area (Å²) in [6.45, 7) is -0.906. The van der Waals surface area contributed by atoms with Crippen LogP contribution in [0.4, 0.5) is 0 Å². The monoisotopic (exact) mass is 532 g/mol. The summed E-state index contributed by atoms with van der Waals surface area (Å²) in [7, 11) is -17.5. The van der Waals surface area contributed by atoms with Gasteiger partial charge in [-0.1, -0.05) is 6.07 Å². The molecule has 1 aromatic rings. The fourth-order valence-corrected chi connectivity index (χ4v) is 5.18. The molecule has 6 atom stereocenters. The van der Waals surface area contributed by atoms with E-state index in [-0.39, 0.29) is 101 Å². The second-order valence-corrected chi connectivity index (χ2v) is 9.83. The molecule has 0 aromatic heterocycles. The maximum absolute atomic E-state index is 11.5. The van der Waals surface area contributed by atoms with Crippen LogP contribution in [0, 0.1) is 0 Å². The van der Waals surface area contributed by atoms with Crippen molar-refractivity contribution < 1.29 is 155 Å². The van der Waals surface area contributed by atoms with Crippen molar-refractivity contribution in [1.82, 2.24) is 0 Å². The number of ether oxygens (including phenoxy) is 1. The number of phosphoric acid groups is 3. The number of aromatic hydroxyl groups is 2. The molecule has 5 unspecified atom stereocenters. The number of hydrogen-bond acceptors (Lipinski definition) is 13. The molecule has 1 heterocycles. The maximum Gasteiger partial charge on any atom is 1.00 e. The smallest absolute Gasteiger partial charge is 0.756 e. The van der Waals surface area contributed by atoms with Crippen molar-refractivity contribution in [2.24, 2.45) is 0 Å². The predicted octanol–water partition coefficient (Wildman–Crippen LogP) is -10.3. The Bertz CT molecular complexity index is 865. The van der Waals surface area contributed by atoms with E-state index < -0.39 is 54.1 Å². The number of aliphatic hydroxyl groups is 1. The molecule has 0 saturated carbocycles. The third-order valence-corrected chi connectivity index (χ3v) is 7.09. The molecule has 2 rings (SSSR count). The topological polar surface area (TPSA) is 238 Å². The summed E-state index contributed by atoms with van der Waals surface area (Å²) in [6, 6.07) is 3.72. The van der Waals surface area contributed by atoms with Crippen molar-refractivity contribution in [3.05, 3.63) is 23.8 Å². The van der Waals surface area contributed by atoms with E-state index in [1.54, 1.807) is 0 Å². The molecule has 31 heavy (non-hydrogen) atoms. The van der Waals surface area contributed by atoms with Gasteiger partial charge in [0.25, 0.3) is 23.5 Å². The molecule has 1 fully saturated rings. The second kappa shape index (κ2) is 14.0. The van der Waals surface area contributed by atoms with Crippen molar-refractivity contribution >= 4 is 23.5 Å². The standard InChI is InChI=1S/C11H17O14P3.3Na/c12-7-2-1-6(3-8(7)13)10-4-9(14)11(23-10)5-22-27(18,19)25-28(20,21)24-26(15,16)17;;;/h1-3,9-14H,4-5H2,(H,18,19)(H,20,21)(H2,15,16,17);;;/q;3*+1/p-3/t9?,10-,11?;;;/m1.../s1. The Kier molecular flexibility index (Phi) is 16.0. The van der Waals surface area contributed by atoms with E-state index in [0.717, 1.165) is 0 Å². The number of benzene rings is 1. The fourth-order valence-electron chi connectivity index (χ4n) is 2.29. The largest absolute Gasteiger partial charge is 1.00 e. The minimum absolute atomic E-state index is 0. The summed E-state index contributed by atoms with van der Waals surface area (Å²) in [6.07, 6.45) is -3.37. The zero-order valence-electron chi connectivity index (χ0n) is 16.6. The maximum atomic E-state index is 11.5. The van der Waals surface area contributed by atoms with E-state index in [2.05, 4.69) is 13.1 Å². The first-order chi connectivity index (χ1) is 12.7. The van der Waals surface area contributed by atoms with Crippen LogP contribution in [0.2, 0.25) is 0 Å². The van der Waals surface area contributed by atoms with Crippen LogP contribution in [0.1, 0.15) is 18.1 Å². The van der Waals surface area contributed by atoms with Gasteiger partial charge in [-0.2, -0.15) is 0 Å². The number of hydrogen-bond donors (Lipinski definition) is 4. The quantitative estimate of drug-likeness (QED) is 0.138. The average molecular weight is 532 g/mol. The van der Waals surface area contributed by atoms with Crippen LogP contribution in [-0.4, -0.2) is 39.0 Å². The van der Waals surface area contributed by atoms with Crippen molar-refractivity contribution in [2.75, 3.05) is 6.61 Å². The summed E-state index contributed by atoms with van der Waals surface area (Å²) in [4.78, 5) is 41.2. The van der Waals surface area contributed by atoms with Gasteiger partial charge < -0.3 is 44.2 Å². The van der Waals surface area contributed by atoms with Crippen LogP contribution in [0.5, 0.6) is 11.5 Å². The summed E-state index contributed by atoms with van der Waals surface area (Å²) >= 11 is 0. The molecule has 0 amide bonds. The van der Waals surface area contributed by atoms with Gasteiger partial charge in [0.05, 0.1) is 18.8 Å². The van der Waals surface area contributed by atoms with E-state index in [1.807, 2.05) is 0 Å². The molecular weight excluding hydrogens is 518 g/mol. The SMILES string of the molecule is O=P([O-])(O)OP(=O)([O-])OP(=O)([O-])OCC1O[C@@H](c2ccc(O)c(O)c2)CC1O.[Na+].[Na+].[Na+]. The van der Waals surface area contributed by atoms with Crippen molar-refractivity contribution in [3.63, 3.8) is 0 Å². The average Bonchev–Trinajstić information content (AvgIpc) is 2.85. The van der Waals surface area contributed by atoms with Crippen LogP contribution < -0.4 is 103 Å². The summed E-state index contributed by atoms with van der Waals surface area (Å²) in [5.41, 5.74) is 0.352. The van der Waals surface area contributed by atoms with Gasteiger partial charge in [0.15, 0.2) is 11.5 Å². The zero-order chi connectivity index (χ0) is 21.3. The molecule has 1 saturated heterocycles. The van der Waals surface area contributed by atoms with Crippen molar-refractivity contribution in [1.29, 1.82) is 0 Å². The second-order valence-electron chi connectivity index (χ2n) is 5.54. The van der Waals surface area contributed by atoms with Crippen LogP contribution in [0.25, 0.3) is 0 Å². The molecule has 1 aromatic carbocycles.